The summed E-state index contributed by atoms with van der Waals surface area (Å²) in [5.41, 5.74) is 2.68. The van der Waals surface area contributed by atoms with Crippen LogP contribution in [0.15, 0.2) is 42.5 Å². The predicted molar refractivity (Wildman–Crippen MR) is 115 cm³/mol. The number of nitro groups is 1. The maximum absolute atomic E-state index is 10.9. The first-order chi connectivity index (χ1) is 13.5. The number of hydrogen-bond donors (Lipinski definition) is 2. The summed E-state index contributed by atoms with van der Waals surface area (Å²) in [5, 5.41) is 17.4. The molecule has 0 spiro atoms. The molecule has 0 amide bonds. The van der Waals surface area contributed by atoms with Gasteiger partial charge >= 0.3 is 0 Å². The average molecular weight is 401 g/mol. The number of non-ortho nitro benzene ring substituents is 1. The first kappa shape index (κ1) is 20.0. The Balaban J connectivity index is 1.58. The van der Waals surface area contributed by atoms with E-state index in [1.807, 2.05) is 12.1 Å². The van der Waals surface area contributed by atoms with E-state index in [2.05, 4.69) is 27.7 Å². The fraction of sp³-hybridized carbons (Fsp3) is 0.350. The monoisotopic (exact) mass is 400 g/mol. The molecule has 1 aliphatic heterocycles. The molecule has 3 rings (SSSR count). The van der Waals surface area contributed by atoms with E-state index in [0.717, 1.165) is 12.2 Å². The van der Waals surface area contributed by atoms with Crippen molar-refractivity contribution in [1.29, 1.82) is 0 Å². The number of ether oxygens (including phenoxy) is 1. The zero-order chi connectivity index (χ0) is 19.9. The minimum absolute atomic E-state index is 0.0365. The van der Waals surface area contributed by atoms with Gasteiger partial charge in [0.1, 0.15) is 5.75 Å². The van der Waals surface area contributed by atoms with Crippen molar-refractivity contribution >= 4 is 34.4 Å². The SMILES string of the molecule is COc1cc([N+](=O)[O-])ccc1NC(=S)Nc1ccc(CN2CCCCC2)cc1. The molecule has 0 unspecified atom stereocenters. The molecule has 7 nitrogen and oxygen atoms in total. The Bertz CT molecular complexity index is 836. The van der Waals surface area contributed by atoms with Crippen molar-refractivity contribution in [1.82, 2.24) is 4.90 Å². The Kier molecular flexibility index (Phi) is 6.78. The summed E-state index contributed by atoms with van der Waals surface area (Å²) in [6.07, 6.45) is 3.90. The minimum Gasteiger partial charge on any atom is -0.494 e. The van der Waals surface area contributed by atoms with Crippen LogP contribution in [-0.4, -0.2) is 35.1 Å². The number of likely N-dealkylation sites (tertiary alicyclic amines) is 1. The molecule has 0 aliphatic carbocycles. The first-order valence-electron chi connectivity index (χ1n) is 9.27. The van der Waals surface area contributed by atoms with Crippen LogP contribution < -0.4 is 15.4 Å². The number of thiocarbonyl (C=S) groups is 1. The fourth-order valence-electron chi connectivity index (χ4n) is 3.25. The van der Waals surface area contributed by atoms with E-state index in [-0.39, 0.29) is 5.69 Å². The van der Waals surface area contributed by atoms with Crippen molar-refractivity contribution in [2.45, 2.75) is 25.8 Å². The molecule has 2 aromatic carbocycles. The number of hydrogen-bond acceptors (Lipinski definition) is 5. The van der Waals surface area contributed by atoms with Gasteiger partial charge in [-0.2, -0.15) is 0 Å². The molecule has 1 fully saturated rings. The van der Waals surface area contributed by atoms with E-state index >= 15 is 0 Å². The lowest BCUT2D eigenvalue weighted by Gasteiger charge is -2.26. The normalized spacial score (nSPS) is 14.3. The summed E-state index contributed by atoms with van der Waals surface area (Å²) >= 11 is 5.35. The number of piperidine rings is 1. The van der Waals surface area contributed by atoms with Gasteiger partial charge in [-0.25, -0.2) is 0 Å². The van der Waals surface area contributed by atoms with Gasteiger partial charge < -0.3 is 15.4 Å². The van der Waals surface area contributed by atoms with Gasteiger partial charge in [-0.1, -0.05) is 18.6 Å². The second-order valence-corrected chi connectivity index (χ2v) is 7.16. The highest BCUT2D eigenvalue weighted by atomic mass is 32.1. The van der Waals surface area contributed by atoms with E-state index in [4.69, 9.17) is 17.0 Å². The van der Waals surface area contributed by atoms with Crippen molar-refractivity contribution < 1.29 is 9.66 Å². The third-order valence-corrected chi connectivity index (χ3v) is 4.91. The molecule has 0 saturated carbocycles. The Labute approximate surface area is 169 Å². The van der Waals surface area contributed by atoms with Gasteiger partial charge in [0.25, 0.3) is 5.69 Å². The van der Waals surface area contributed by atoms with E-state index in [1.54, 1.807) is 6.07 Å². The van der Waals surface area contributed by atoms with E-state index in [0.29, 0.717) is 16.5 Å². The predicted octanol–water partition coefficient (Wildman–Crippen LogP) is 4.40. The largest absolute Gasteiger partial charge is 0.494 e. The van der Waals surface area contributed by atoms with Crippen molar-refractivity contribution in [3.8, 4) is 5.75 Å². The molecule has 1 saturated heterocycles. The van der Waals surface area contributed by atoms with Gasteiger partial charge in [0, 0.05) is 18.3 Å². The molecular formula is C20H24N4O3S. The maximum atomic E-state index is 10.9. The second kappa shape index (κ2) is 9.48. The average Bonchev–Trinajstić information content (AvgIpc) is 2.70. The van der Waals surface area contributed by atoms with Gasteiger partial charge in [0.15, 0.2) is 5.11 Å². The van der Waals surface area contributed by atoms with Gasteiger partial charge in [-0.3, -0.25) is 15.0 Å². The molecule has 28 heavy (non-hydrogen) atoms. The highest BCUT2D eigenvalue weighted by Gasteiger charge is 2.13. The number of nitrogens with zero attached hydrogens (tertiary/aromatic N) is 2. The van der Waals surface area contributed by atoms with E-state index in [1.165, 1.54) is 57.2 Å². The third-order valence-electron chi connectivity index (χ3n) is 4.71. The lowest BCUT2D eigenvalue weighted by atomic mass is 10.1. The minimum atomic E-state index is -0.464. The van der Waals surface area contributed by atoms with Gasteiger partial charge in [-0.05, 0) is 61.9 Å². The molecular weight excluding hydrogens is 376 g/mol. The van der Waals surface area contributed by atoms with Crippen LogP contribution in [0, 0.1) is 10.1 Å². The highest BCUT2D eigenvalue weighted by Crippen LogP contribution is 2.29. The van der Waals surface area contributed by atoms with Crippen LogP contribution in [-0.2, 0) is 6.54 Å². The van der Waals surface area contributed by atoms with Crippen LogP contribution in [0.3, 0.4) is 0 Å². The third kappa shape index (κ3) is 5.40. The molecule has 2 N–H and O–H groups in total. The smallest absolute Gasteiger partial charge is 0.273 e. The summed E-state index contributed by atoms with van der Waals surface area (Å²) in [5.74, 6) is 0.357. The quantitative estimate of drug-likeness (QED) is 0.423. The molecule has 0 aromatic heterocycles. The standard InChI is InChI=1S/C20H24N4O3S/c1-27-19-13-17(24(25)26)9-10-18(19)22-20(28)21-16-7-5-15(6-8-16)14-23-11-3-2-4-12-23/h5-10,13H,2-4,11-12,14H2,1H3,(H2,21,22,28). The van der Waals surface area contributed by atoms with E-state index < -0.39 is 4.92 Å². The van der Waals surface area contributed by atoms with Gasteiger partial charge in [-0.15, -0.1) is 0 Å². The Morgan fingerprint density at radius 3 is 2.50 bits per heavy atom. The van der Waals surface area contributed by atoms with Crippen LogP contribution in [0.25, 0.3) is 0 Å². The molecule has 8 heteroatoms. The van der Waals surface area contributed by atoms with E-state index in [9.17, 15) is 10.1 Å². The Morgan fingerprint density at radius 2 is 1.86 bits per heavy atom. The number of methoxy groups -OCH3 is 1. The van der Waals surface area contributed by atoms with Crippen LogP contribution in [0.4, 0.5) is 17.1 Å². The zero-order valence-electron chi connectivity index (χ0n) is 15.8. The topological polar surface area (TPSA) is 79.7 Å². The van der Waals surface area contributed by atoms with Gasteiger partial charge in [0.2, 0.25) is 0 Å². The maximum Gasteiger partial charge on any atom is 0.273 e. The van der Waals surface area contributed by atoms with Crippen LogP contribution in [0.1, 0.15) is 24.8 Å². The lowest BCUT2D eigenvalue weighted by Crippen LogP contribution is -2.29. The summed E-state index contributed by atoms with van der Waals surface area (Å²) in [6, 6.07) is 12.6. The summed E-state index contributed by atoms with van der Waals surface area (Å²) in [4.78, 5) is 12.9. The second-order valence-electron chi connectivity index (χ2n) is 6.75. The number of anilines is 2. The number of benzene rings is 2. The number of nitrogens with one attached hydrogen (secondary N) is 2. The van der Waals surface area contributed by atoms with Crippen molar-refractivity contribution in [2.24, 2.45) is 0 Å². The molecule has 0 bridgehead atoms. The first-order valence-corrected chi connectivity index (χ1v) is 9.68. The molecule has 2 aromatic rings. The lowest BCUT2D eigenvalue weighted by molar-refractivity contribution is -0.384. The summed E-state index contributed by atoms with van der Waals surface area (Å²) in [6.45, 7) is 3.32. The summed E-state index contributed by atoms with van der Waals surface area (Å²) < 4.78 is 5.22. The Hall–Kier alpha value is -2.71. The molecule has 1 aliphatic rings. The van der Waals surface area contributed by atoms with Gasteiger partial charge in [0.05, 0.1) is 23.8 Å². The number of nitro benzene ring substituents is 1. The van der Waals surface area contributed by atoms with Crippen LogP contribution in [0.5, 0.6) is 5.75 Å². The molecule has 0 atom stereocenters. The number of rotatable bonds is 6. The molecule has 148 valence electrons. The van der Waals surface area contributed by atoms with Crippen LogP contribution in [0.2, 0.25) is 0 Å². The zero-order valence-corrected chi connectivity index (χ0v) is 16.6. The fourth-order valence-corrected chi connectivity index (χ4v) is 3.48. The van der Waals surface area contributed by atoms with Crippen molar-refractivity contribution in [2.75, 3.05) is 30.8 Å². The van der Waals surface area contributed by atoms with Crippen molar-refractivity contribution in [3.63, 3.8) is 0 Å². The molecule has 0 radical (unpaired) electrons. The Morgan fingerprint density at radius 1 is 1.14 bits per heavy atom. The summed E-state index contributed by atoms with van der Waals surface area (Å²) in [7, 11) is 1.46. The highest BCUT2D eigenvalue weighted by molar-refractivity contribution is 7.80. The van der Waals surface area contributed by atoms with Crippen molar-refractivity contribution in [3.05, 3.63) is 58.1 Å². The van der Waals surface area contributed by atoms with Crippen LogP contribution >= 0.6 is 12.2 Å². The molecule has 1 heterocycles.